The maximum atomic E-state index is 13.0. The molecule has 1 saturated heterocycles. The maximum Gasteiger partial charge on any atom is 0.325 e. The molecule has 0 aliphatic carbocycles. The van der Waals surface area contributed by atoms with Gasteiger partial charge in [-0.15, -0.1) is 0 Å². The molecule has 1 N–H and O–H groups in total. The van der Waals surface area contributed by atoms with E-state index in [9.17, 15) is 14.4 Å². The normalized spacial score (nSPS) is 19.8. The Labute approximate surface area is 161 Å². The first kappa shape index (κ1) is 20.9. The van der Waals surface area contributed by atoms with E-state index in [1.54, 1.807) is 11.8 Å². The molecule has 0 saturated carbocycles. The Morgan fingerprint density at radius 1 is 1.07 bits per heavy atom. The SMILES string of the molecule is Cc1ccc([C@]2(C)NC(=O)N(CC(=O)N(CC(C)C)CC(C)C)C2=O)cc1. The van der Waals surface area contributed by atoms with Gasteiger partial charge >= 0.3 is 6.03 Å². The summed E-state index contributed by atoms with van der Waals surface area (Å²) in [5.41, 5.74) is 0.637. The number of carbonyl (C=O) groups excluding carboxylic acids is 3. The molecule has 0 unspecified atom stereocenters. The van der Waals surface area contributed by atoms with Crippen molar-refractivity contribution < 1.29 is 14.4 Å². The van der Waals surface area contributed by atoms with E-state index in [2.05, 4.69) is 5.32 Å². The summed E-state index contributed by atoms with van der Waals surface area (Å²) in [6.07, 6.45) is 0. The smallest absolute Gasteiger partial charge is 0.325 e. The zero-order chi connectivity index (χ0) is 20.4. The van der Waals surface area contributed by atoms with Gasteiger partial charge in [-0.1, -0.05) is 57.5 Å². The first-order chi connectivity index (χ1) is 12.5. The van der Waals surface area contributed by atoms with Gasteiger partial charge in [-0.25, -0.2) is 4.79 Å². The first-order valence-corrected chi connectivity index (χ1v) is 9.53. The average Bonchev–Trinajstić information content (AvgIpc) is 2.78. The number of benzene rings is 1. The van der Waals surface area contributed by atoms with Crippen LogP contribution >= 0.6 is 0 Å². The fourth-order valence-corrected chi connectivity index (χ4v) is 3.32. The van der Waals surface area contributed by atoms with Crippen LogP contribution in [0.3, 0.4) is 0 Å². The predicted octanol–water partition coefficient (Wildman–Crippen LogP) is 2.90. The van der Waals surface area contributed by atoms with Gasteiger partial charge in [0.15, 0.2) is 0 Å². The summed E-state index contributed by atoms with van der Waals surface area (Å²) < 4.78 is 0. The summed E-state index contributed by atoms with van der Waals surface area (Å²) in [5, 5.41) is 2.76. The number of hydrogen-bond donors (Lipinski definition) is 1. The molecule has 1 fully saturated rings. The van der Waals surface area contributed by atoms with Crippen molar-refractivity contribution >= 4 is 17.8 Å². The Bertz CT molecular complexity index is 702. The number of aryl methyl sites for hydroxylation is 1. The van der Waals surface area contributed by atoms with E-state index in [1.807, 2.05) is 58.9 Å². The van der Waals surface area contributed by atoms with Crippen molar-refractivity contribution in [1.29, 1.82) is 0 Å². The van der Waals surface area contributed by atoms with Crippen LogP contribution in [0.1, 0.15) is 45.7 Å². The Balaban J connectivity index is 2.18. The topological polar surface area (TPSA) is 69.7 Å². The van der Waals surface area contributed by atoms with Gasteiger partial charge in [0.05, 0.1) is 0 Å². The summed E-state index contributed by atoms with van der Waals surface area (Å²) >= 11 is 0. The second kappa shape index (κ2) is 8.11. The van der Waals surface area contributed by atoms with E-state index in [0.717, 1.165) is 10.5 Å². The summed E-state index contributed by atoms with van der Waals surface area (Å²) in [6.45, 7) is 12.8. The molecule has 0 spiro atoms. The Morgan fingerprint density at radius 3 is 2.07 bits per heavy atom. The zero-order valence-electron chi connectivity index (χ0n) is 17.2. The van der Waals surface area contributed by atoms with E-state index in [1.165, 1.54) is 0 Å². The van der Waals surface area contributed by atoms with Crippen molar-refractivity contribution in [2.24, 2.45) is 11.8 Å². The lowest BCUT2D eigenvalue weighted by molar-refractivity contribution is -0.139. The van der Waals surface area contributed by atoms with E-state index in [-0.39, 0.29) is 12.5 Å². The maximum absolute atomic E-state index is 13.0. The van der Waals surface area contributed by atoms with Gasteiger partial charge in [0.2, 0.25) is 5.91 Å². The Kier molecular flexibility index (Phi) is 6.29. The minimum Gasteiger partial charge on any atom is -0.341 e. The highest BCUT2D eigenvalue weighted by Gasteiger charge is 2.49. The number of imide groups is 1. The molecule has 27 heavy (non-hydrogen) atoms. The second-order valence-corrected chi connectivity index (χ2v) is 8.40. The average molecular weight is 373 g/mol. The number of rotatable bonds is 7. The summed E-state index contributed by atoms with van der Waals surface area (Å²) in [4.78, 5) is 41.1. The van der Waals surface area contributed by atoms with Crippen molar-refractivity contribution in [3.8, 4) is 0 Å². The highest BCUT2D eigenvalue weighted by Crippen LogP contribution is 2.29. The summed E-state index contributed by atoms with van der Waals surface area (Å²) in [7, 11) is 0. The van der Waals surface area contributed by atoms with Crippen LogP contribution in [0.4, 0.5) is 4.79 Å². The predicted molar refractivity (Wildman–Crippen MR) is 105 cm³/mol. The molecular weight excluding hydrogens is 342 g/mol. The molecule has 148 valence electrons. The lowest BCUT2D eigenvalue weighted by atomic mass is 9.91. The molecule has 6 heteroatoms. The molecule has 6 nitrogen and oxygen atoms in total. The molecule has 1 aliphatic heterocycles. The third-order valence-electron chi connectivity index (χ3n) is 4.72. The molecule has 1 aliphatic rings. The molecule has 4 amide bonds. The van der Waals surface area contributed by atoms with Crippen molar-refractivity contribution in [3.63, 3.8) is 0 Å². The largest absolute Gasteiger partial charge is 0.341 e. The third-order valence-corrected chi connectivity index (χ3v) is 4.72. The van der Waals surface area contributed by atoms with Crippen LogP contribution < -0.4 is 5.32 Å². The van der Waals surface area contributed by atoms with Gasteiger partial charge in [0.25, 0.3) is 5.91 Å². The molecular formula is C21H31N3O3. The Hall–Kier alpha value is -2.37. The van der Waals surface area contributed by atoms with Crippen LogP contribution in [-0.4, -0.2) is 47.3 Å². The number of nitrogens with one attached hydrogen (secondary N) is 1. The Morgan fingerprint density at radius 2 is 1.59 bits per heavy atom. The molecule has 1 atom stereocenters. The molecule has 1 aromatic rings. The molecule has 0 aromatic heterocycles. The van der Waals surface area contributed by atoms with Crippen LogP contribution in [0.15, 0.2) is 24.3 Å². The van der Waals surface area contributed by atoms with Crippen molar-refractivity contribution in [2.45, 2.75) is 47.1 Å². The van der Waals surface area contributed by atoms with Crippen LogP contribution in [-0.2, 0) is 15.1 Å². The van der Waals surface area contributed by atoms with Gasteiger partial charge in [0, 0.05) is 13.1 Å². The van der Waals surface area contributed by atoms with Crippen molar-refractivity contribution in [3.05, 3.63) is 35.4 Å². The van der Waals surface area contributed by atoms with Crippen LogP contribution in [0.2, 0.25) is 0 Å². The van der Waals surface area contributed by atoms with Crippen molar-refractivity contribution in [2.75, 3.05) is 19.6 Å². The fraction of sp³-hybridized carbons (Fsp3) is 0.571. The summed E-state index contributed by atoms with van der Waals surface area (Å²) in [6, 6.07) is 6.96. The van der Waals surface area contributed by atoms with E-state index < -0.39 is 17.5 Å². The highest BCUT2D eigenvalue weighted by molar-refractivity contribution is 6.09. The quantitative estimate of drug-likeness (QED) is 0.747. The summed E-state index contributed by atoms with van der Waals surface area (Å²) in [5.74, 6) is 0.0371. The monoisotopic (exact) mass is 373 g/mol. The lowest BCUT2D eigenvalue weighted by Gasteiger charge is -2.28. The molecule has 1 heterocycles. The third kappa shape index (κ3) is 4.67. The molecule has 1 aromatic carbocycles. The lowest BCUT2D eigenvalue weighted by Crippen LogP contribution is -2.46. The highest BCUT2D eigenvalue weighted by atomic mass is 16.2. The molecule has 0 radical (unpaired) electrons. The second-order valence-electron chi connectivity index (χ2n) is 8.40. The number of hydrogen-bond acceptors (Lipinski definition) is 3. The number of nitrogens with zero attached hydrogens (tertiary/aromatic N) is 2. The van der Waals surface area contributed by atoms with E-state index >= 15 is 0 Å². The van der Waals surface area contributed by atoms with Gasteiger partial charge in [-0.05, 0) is 31.2 Å². The van der Waals surface area contributed by atoms with Gasteiger partial charge in [0.1, 0.15) is 12.1 Å². The number of amides is 4. The number of urea groups is 1. The van der Waals surface area contributed by atoms with Crippen LogP contribution in [0, 0.1) is 18.8 Å². The minimum atomic E-state index is -1.15. The van der Waals surface area contributed by atoms with Gasteiger partial charge < -0.3 is 10.2 Å². The van der Waals surface area contributed by atoms with E-state index in [4.69, 9.17) is 0 Å². The van der Waals surface area contributed by atoms with Gasteiger partial charge in [-0.2, -0.15) is 0 Å². The van der Waals surface area contributed by atoms with Crippen LogP contribution in [0.25, 0.3) is 0 Å². The fourth-order valence-electron chi connectivity index (χ4n) is 3.32. The standard InChI is InChI=1S/C21H31N3O3/c1-14(2)11-23(12-15(3)4)18(25)13-24-19(26)21(6,22-20(24)27)17-9-7-16(5)8-10-17/h7-10,14-15H,11-13H2,1-6H3,(H,22,27)/t21-/m0/s1. The zero-order valence-corrected chi connectivity index (χ0v) is 17.2. The molecule has 0 bridgehead atoms. The molecule has 2 rings (SSSR count). The first-order valence-electron chi connectivity index (χ1n) is 9.53. The van der Waals surface area contributed by atoms with Gasteiger partial charge in [-0.3, -0.25) is 14.5 Å². The van der Waals surface area contributed by atoms with Crippen molar-refractivity contribution in [1.82, 2.24) is 15.1 Å². The number of carbonyl (C=O) groups is 3. The van der Waals surface area contributed by atoms with Crippen LogP contribution in [0.5, 0.6) is 0 Å². The van der Waals surface area contributed by atoms with E-state index in [0.29, 0.717) is 30.5 Å². The minimum absolute atomic E-state index is 0.200.